The Morgan fingerprint density at radius 2 is 1.77 bits per heavy atom. The van der Waals surface area contributed by atoms with Crippen LogP contribution in [-0.2, 0) is 23.2 Å². The van der Waals surface area contributed by atoms with E-state index in [9.17, 15) is 4.79 Å². The van der Waals surface area contributed by atoms with E-state index >= 15 is 0 Å². The molecule has 4 nitrogen and oxygen atoms in total. The van der Waals surface area contributed by atoms with Crippen molar-refractivity contribution in [3.05, 3.63) is 70.3 Å². The smallest absolute Gasteiger partial charge is 0.227 e. The van der Waals surface area contributed by atoms with E-state index in [1.807, 2.05) is 12.1 Å². The summed E-state index contributed by atoms with van der Waals surface area (Å²) in [4.78, 5) is 15.7. The molecule has 3 aliphatic rings. The molecule has 0 unspecified atom stereocenters. The van der Waals surface area contributed by atoms with Crippen LogP contribution in [0.5, 0.6) is 11.5 Å². The highest BCUT2D eigenvalue weighted by atomic mass is 35.5. The Morgan fingerprint density at radius 1 is 1.07 bits per heavy atom. The molecule has 0 radical (unpaired) electrons. The Labute approximate surface area is 182 Å². The highest BCUT2D eigenvalue weighted by Crippen LogP contribution is 2.56. The van der Waals surface area contributed by atoms with Gasteiger partial charge >= 0.3 is 0 Å². The van der Waals surface area contributed by atoms with E-state index in [0.29, 0.717) is 5.91 Å². The number of ether oxygens (including phenoxy) is 2. The molecular weight excluding hydrogens is 398 g/mol. The molecule has 30 heavy (non-hydrogen) atoms. The number of carbonyl (C=O) groups is 1. The van der Waals surface area contributed by atoms with Gasteiger partial charge in [-0.3, -0.25) is 4.79 Å². The van der Waals surface area contributed by atoms with E-state index in [-0.39, 0.29) is 17.4 Å². The molecule has 1 fully saturated rings. The third-order valence-corrected chi connectivity index (χ3v) is 7.43. The van der Waals surface area contributed by atoms with Gasteiger partial charge in [-0.15, -0.1) is 0 Å². The van der Waals surface area contributed by atoms with Gasteiger partial charge in [-0.1, -0.05) is 35.9 Å². The molecule has 0 bridgehead atoms. The summed E-state index contributed by atoms with van der Waals surface area (Å²) in [6, 6.07) is 12.3. The minimum absolute atomic E-state index is 0.0429. The number of carbonyl (C=O) groups excluding carboxylic acids is 1. The van der Waals surface area contributed by atoms with Crippen molar-refractivity contribution in [2.24, 2.45) is 11.8 Å². The first kappa shape index (κ1) is 19.5. The van der Waals surface area contributed by atoms with Gasteiger partial charge in [0, 0.05) is 29.8 Å². The van der Waals surface area contributed by atoms with E-state index in [0.717, 1.165) is 48.7 Å². The average molecular weight is 424 g/mol. The summed E-state index contributed by atoms with van der Waals surface area (Å²) in [7, 11) is 3.34. The van der Waals surface area contributed by atoms with E-state index in [2.05, 4.69) is 41.3 Å². The Morgan fingerprint density at radius 3 is 2.50 bits per heavy atom. The fourth-order valence-corrected chi connectivity index (χ4v) is 5.99. The van der Waals surface area contributed by atoms with Crippen LogP contribution in [0, 0.1) is 11.8 Å². The molecule has 5 rings (SSSR count). The molecule has 1 saturated heterocycles. The molecule has 3 atom stereocenters. The van der Waals surface area contributed by atoms with Crippen LogP contribution < -0.4 is 9.47 Å². The highest BCUT2D eigenvalue weighted by molar-refractivity contribution is 6.30. The zero-order chi connectivity index (χ0) is 20.9. The summed E-state index contributed by atoms with van der Waals surface area (Å²) >= 11 is 6.15. The number of rotatable bonds is 4. The molecular formula is C25H26ClNO3. The predicted octanol–water partition coefficient (Wildman–Crippen LogP) is 4.78. The molecule has 0 spiro atoms. The fourth-order valence-electron chi connectivity index (χ4n) is 5.87. The Kier molecular flexibility index (Phi) is 4.78. The summed E-state index contributed by atoms with van der Waals surface area (Å²) in [6.45, 7) is 0.738. The van der Waals surface area contributed by atoms with Crippen LogP contribution in [0.3, 0.4) is 0 Å². The molecule has 1 amide bonds. The first-order valence-corrected chi connectivity index (χ1v) is 10.9. The second kappa shape index (κ2) is 7.35. The molecule has 2 aromatic rings. The number of halogens is 1. The van der Waals surface area contributed by atoms with Gasteiger partial charge in [0.1, 0.15) is 0 Å². The second-order valence-electron chi connectivity index (χ2n) is 8.49. The lowest BCUT2D eigenvalue weighted by atomic mass is 9.66. The van der Waals surface area contributed by atoms with Crippen LogP contribution in [0.25, 0.3) is 0 Å². The lowest BCUT2D eigenvalue weighted by molar-refractivity contribution is -0.134. The molecule has 156 valence electrons. The van der Waals surface area contributed by atoms with E-state index in [4.69, 9.17) is 21.1 Å². The number of hydrogen-bond donors (Lipinski definition) is 0. The highest BCUT2D eigenvalue weighted by Gasteiger charge is 2.60. The normalized spacial score (nSPS) is 26.8. The van der Waals surface area contributed by atoms with Gasteiger partial charge in [-0.25, -0.2) is 0 Å². The first-order valence-electron chi connectivity index (χ1n) is 10.5. The third kappa shape index (κ3) is 2.77. The van der Waals surface area contributed by atoms with Crippen molar-refractivity contribution in [2.45, 2.75) is 31.2 Å². The fraction of sp³-hybridized carbons (Fsp3) is 0.400. The molecule has 2 aliphatic heterocycles. The third-order valence-electron chi connectivity index (χ3n) is 7.18. The molecule has 5 heteroatoms. The summed E-state index contributed by atoms with van der Waals surface area (Å²) in [5.74, 6) is 2.04. The van der Waals surface area contributed by atoms with Crippen LogP contribution in [0.1, 0.15) is 29.5 Å². The van der Waals surface area contributed by atoms with Crippen LogP contribution in [-0.4, -0.2) is 31.6 Å². The quantitative estimate of drug-likeness (QED) is 0.664. The zero-order valence-electron chi connectivity index (χ0n) is 17.4. The van der Waals surface area contributed by atoms with Crippen LogP contribution >= 0.6 is 11.6 Å². The molecule has 0 aromatic heterocycles. The van der Waals surface area contributed by atoms with Crippen molar-refractivity contribution in [3.63, 3.8) is 0 Å². The number of methoxy groups -OCH3 is 2. The zero-order valence-corrected chi connectivity index (χ0v) is 18.1. The minimum Gasteiger partial charge on any atom is -0.493 e. The van der Waals surface area contributed by atoms with Gasteiger partial charge in [-0.2, -0.15) is 0 Å². The lowest BCUT2D eigenvalue weighted by Gasteiger charge is -2.48. The molecule has 1 aliphatic carbocycles. The van der Waals surface area contributed by atoms with Crippen LogP contribution in [0.4, 0.5) is 0 Å². The van der Waals surface area contributed by atoms with Gasteiger partial charge in [-0.05, 0) is 60.2 Å². The van der Waals surface area contributed by atoms with Crippen molar-refractivity contribution >= 4 is 17.5 Å². The number of hydrogen-bond acceptors (Lipinski definition) is 3. The van der Waals surface area contributed by atoms with E-state index in [1.165, 1.54) is 16.7 Å². The Balaban J connectivity index is 1.73. The van der Waals surface area contributed by atoms with Gasteiger partial charge < -0.3 is 14.4 Å². The maximum atomic E-state index is 13.5. The molecule has 0 saturated carbocycles. The van der Waals surface area contributed by atoms with Crippen LogP contribution in [0.15, 0.2) is 48.6 Å². The molecule has 0 N–H and O–H groups in total. The summed E-state index contributed by atoms with van der Waals surface area (Å²) in [5, 5.41) is 0.726. The molecule has 2 aromatic carbocycles. The van der Waals surface area contributed by atoms with Crippen molar-refractivity contribution in [1.29, 1.82) is 0 Å². The molecule has 2 heterocycles. The number of nitrogens with zero attached hydrogens (tertiary/aromatic N) is 1. The average Bonchev–Trinajstić information content (AvgIpc) is 3.03. The lowest BCUT2D eigenvalue weighted by Crippen LogP contribution is -2.52. The van der Waals surface area contributed by atoms with Gasteiger partial charge in [0.2, 0.25) is 5.91 Å². The predicted molar refractivity (Wildman–Crippen MR) is 117 cm³/mol. The topological polar surface area (TPSA) is 38.8 Å². The van der Waals surface area contributed by atoms with Gasteiger partial charge in [0.25, 0.3) is 0 Å². The minimum atomic E-state index is -0.381. The van der Waals surface area contributed by atoms with Crippen molar-refractivity contribution in [1.82, 2.24) is 4.90 Å². The van der Waals surface area contributed by atoms with Gasteiger partial charge in [0.05, 0.1) is 19.8 Å². The summed E-state index contributed by atoms with van der Waals surface area (Å²) in [5.41, 5.74) is 3.27. The maximum absolute atomic E-state index is 13.5. The Hall–Kier alpha value is -2.46. The number of benzene rings is 2. The summed E-state index contributed by atoms with van der Waals surface area (Å²) in [6.07, 6.45) is 7.75. The van der Waals surface area contributed by atoms with E-state index in [1.54, 1.807) is 14.2 Å². The van der Waals surface area contributed by atoms with Crippen LogP contribution in [0.2, 0.25) is 5.02 Å². The Bertz CT molecular complexity index is 1020. The number of fused-ring (bicyclic) bond motifs is 5. The second-order valence-corrected chi connectivity index (χ2v) is 8.92. The first-order chi connectivity index (χ1) is 14.6. The number of allylic oxidation sites excluding steroid dienone is 2. The number of amides is 1. The maximum Gasteiger partial charge on any atom is 0.227 e. The standard InChI is InChI=1S/C25H26ClNO3/c1-29-22-13-17-11-12-27-24(28)19-5-3-4-6-20(19)25(27,21(17)14-23(22)30-2)15-16-7-9-18(26)10-8-16/h3-4,7-10,13-14,19-20H,5-6,11-12,15H2,1-2H3/t19-,20+,25+/m1/s1. The monoisotopic (exact) mass is 423 g/mol. The largest absolute Gasteiger partial charge is 0.493 e. The van der Waals surface area contributed by atoms with Crippen molar-refractivity contribution in [2.75, 3.05) is 20.8 Å². The van der Waals surface area contributed by atoms with Gasteiger partial charge in [0.15, 0.2) is 11.5 Å². The SMILES string of the molecule is COc1cc2c(cc1OC)[C@]1(Cc3ccc(Cl)cc3)[C@H]3CC=CC[C@H]3C(=O)N1CC2. The van der Waals surface area contributed by atoms with Crippen molar-refractivity contribution < 1.29 is 14.3 Å². The van der Waals surface area contributed by atoms with Crippen molar-refractivity contribution in [3.8, 4) is 11.5 Å². The van der Waals surface area contributed by atoms with E-state index < -0.39 is 0 Å². The summed E-state index contributed by atoms with van der Waals surface area (Å²) < 4.78 is 11.2.